The highest BCUT2D eigenvalue weighted by atomic mass is 32.1. The summed E-state index contributed by atoms with van der Waals surface area (Å²) in [4.78, 5) is 4.52. The lowest BCUT2D eigenvalue weighted by atomic mass is 10.2. The van der Waals surface area contributed by atoms with E-state index in [0.29, 0.717) is 0 Å². The first-order valence-electron chi connectivity index (χ1n) is 4.47. The second-order valence-electron chi connectivity index (χ2n) is 3.45. The lowest BCUT2D eigenvalue weighted by Crippen LogP contribution is -2.19. The maximum absolute atomic E-state index is 4.52. The van der Waals surface area contributed by atoms with Crippen molar-refractivity contribution in [2.24, 2.45) is 0 Å². The monoisotopic (exact) mass is 207 g/mol. The number of para-hydroxylation sites is 1. The van der Waals surface area contributed by atoms with Crippen LogP contribution in [0.3, 0.4) is 0 Å². The summed E-state index contributed by atoms with van der Waals surface area (Å²) in [5.74, 6) is 0. The summed E-state index contributed by atoms with van der Waals surface area (Å²) in [7, 11) is 3.91. The van der Waals surface area contributed by atoms with E-state index in [4.69, 9.17) is 0 Å². The highest BCUT2D eigenvalue weighted by Crippen LogP contribution is 2.27. The number of hydrogen-bond acceptors (Lipinski definition) is 4. The topological polar surface area (TPSA) is 28.2 Å². The van der Waals surface area contributed by atoms with Crippen molar-refractivity contribution in [3.8, 4) is 0 Å². The minimum absolute atomic E-state index is 0.944. The van der Waals surface area contributed by atoms with E-state index in [1.807, 2.05) is 19.1 Å². The number of nitrogens with one attached hydrogen (secondary N) is 1. The van der Waals surface area contributed by atoms with Gasteiger partial charge in [-0.3, -0.25) is 5.43 Å². The van der Waals surface area contributed by atoms with Crippen molar-refractivity contribution in [1.82, 2.24) is 9.99 Å². The second-order valence-corrected chi connectivity index (χ2v) is 4.48. The SMILES string of the molecule is Cc1cccc2sc(NN(C)C)nc12. The fourth-order valence-corrected chi connectivity index (χ4v) is 2.35. The first-order valence-corrected chi connectivity index (χ1v) is 5.28. The van der Waals surface area contributed by atoms with Crippen LogP contribution in [0, 0.1) is 6.92 Å². The van der Waals surface area contributed by atoms with Gasteiger partial charge in [0.15, 0.2) is 5.13 Å². The summed E-state index contributed by atoms with van der Waals surface area (Å²) >= 11 is 1.68. The number of rotatable bonds is 2. The number of fused-ring (bicyclic) bond motifs is 1. The van der Waals surface area contributed by atoms with Gasteiger partial charge in [0, 0.05) is 14.1 Å². The first kappa shape index (κ1) is 9.43. The Bertz CT molecular complexity index is 448. The molecule has 0 unspecified atom stereocenters. The molecule has 1 aromatic heterocycles. The largest absolute Gasteiger partial charge is 0.295 e. The molecule has 0 atom stereocenters. The maximum atomic E-state index is 4.52. The van der Waals surface area contributed by atoms with Crippen LogP contribution in [0.25, 0.3) is 10.2 Å². The zero-order valence-electron chi connectivity index (χ0n) is 8.53. The average Bonchev–Trinajstić information content (AvgIpc) is 2.47. The molecular formula is C10H13N3S. The molecule has 1 heterocycles. The minimum Gasteiger partial charge on any atom is -0.295 e. The molecule has 0 bridgehead atoms. The fourth-order valence-electron chi connectivity index (χ4n) is 1.33. The number of thiazole rings is 1. The maximum Gasteiger partial charge on any atom is 0.198 e. The van der Waals surface area contributed by atoms with Gasteiger partial charge in [0.2, 0.25) is 0 Å². The summed E-state index contributed by atoms with van der Waals surface area (Å²) in [5, 5.41) is 2.84. The van der Waals surface area contributed by atoms with Crippen LogP contribution < -0.4 is 5.43 Å². The summed E-state index contributed by atoms with van der Waals surface area (Å²) < 4.78 is 1.23. The number of hydrogen-bond donors (Lipinski definition) is 1. The number of nitrogens with zero attached hydrogens (tertiary/aromatic N) is 2. The van der Waals surface area contributed by atoms with Gasteiger partial charge >= 0.3 is 0 Å². The van der Waals surface area contributed by atoms with Gasteiger partial charge in [-0.25, -0.2) is 9.99 Å². The van der Waals surface area contributed by atoms with Gasteiger partial charge in [0.1, 0.15) is 0 Å². The molecule has 3 nitrogen and oxygen atoms in total. The minimum atomic E-state index is 0.944. The summed E-state index contributed by atoms with van der Waals surface area (Å²) in [5.41, 5.74) is 5.49. The number of aromatic nitrogens is 1. The molecule has 0 aliphatic rings. The zero-order valence-corrected chi connectivity index (χ0v) is 9.35. The molecule has 1 N–H and O–H groups in total. The van der Waals surface area contributed by atoms with Gasteiger partial charge in [-0.2, -0.15) is 0 Å². The molecule has 0 saturated carbocycles. The van der Waals surface area contributed by atoms with Gasteiger partial charge in [-0.1, -0.05) is 23.5 Å². The summed E-state index contributed by atoms with van der Waals surface area (Å²) in [6, 6.07) is 6.25. The van der Waals surface area contributed by atoms with E-state index in [9.17, 15) is 0 Å². The Hall–Kier alpha value is -1.13. The molecule has 2 aromatic rings. The standard InChI is InChI=1S/C10H13N3S/c1-7-5-4-6-8-9(7)11-10(14-8)12-13(2)3/h4-6H,1-3H3,(H,11,12). The molecule has 0 saturated heterocycles. The highest BCUT2D eigenvalue weighted by Gasteiger charge is 2.05. The quantitative estimate of drug-likeness (QED) is 0.767. The predicted molar refractivity (Wildman–Crippen MR) is 61.7 cm³/mol. The van der Waals surface area contributed by atoms with Crippen LogP contribution >= 0.6 is 11.3 Å². The first-order chi connectivity index (χ1) is 6.66. The van der Waals surface area contributed by atoms with Crippen molar-refractivity contribution in [1.29, 1.82) is 0 Å². The van der Waals surface area contributed by atoms with Crippen molar-refractivity contribution in [2.75, 3.05) is 19.5 Å². The molecule has 4 heteroatoms. The third kappa shape index (κ3) is 1.71. The third-order valence-electron chi connectivity index (χ3n) is 1.94. The molecule has 14 heavy (non-hydrogen) atoms. The predicted octanol–water partition coefficient (Wildman–Crippen LogP) is 2.49. The van der Waals surface area contributed by atoms with Crippen LogP contribution in [0.5, 0.6) is 0 Å². The van der Waals surface area contributed by atoms with Crippen molar-refractivity contribution in [2.45, 2.75) is 6.92 Å². The number of benzene rings is 1. The lowest BCUT2D eigenvalue weighted by Gasteiger charge is -2.08. The van der Waals surface area contributed by atoms with Crippen LogP contribution in [0.2, 0.25) is 0 Å². The highest BCUT2D eigenvalue weighted by molar-refractivity contribution is 7.22. The molecule has 0 amide bonds. The number of anilines is 1. The van der Waals surface area contributed by atoms with E-state index in [1.165, 1.54) is 10.3 Å². The van der Waals surface area contributed by atoms with Crippen LogP contribution in [0.4, 0.5) is 5.13 Å². The van der Waals surface area contributed by atoms with Gasteiger partial charge in [-0.05, 0) is 18.6 Å². The van der Waals surface area contributed by atoms with Crippen molar-refractivity contribution in [3.63, 3.8) is 0 Å². The van der Waals surface area contributed by atoms with Crippen LogP contribution in [0.1, 0.15) is 5.56 Å². The van der Waals surface area contributed by atoms with E-state index < -0.39 is 0 Å². The van der Waals surface area contributed by atoms with Gasteiger partial charge in [0.25, 0.3) is 0 Å². The third-order valence-corrected chi connectivity index (χ3v) is 2.87. The Balaban J connectivity index is 2.46. The van der Waals surface area contributed by atoms with Crippen LogP contribution in [-0.4, -0.2) is 24.1 Å². The summed E-state index contributed by atoms with van der Waals surface area (Å²) in [6.45, 7) is 2.08. The molecule has 1 aromatic carbocycles. The molecular weight excluding hydrogens is 194 g/mol. The van der Waals surface area contributed by atoms with Gasteiger partial charge in [0.05, 0.1) is 10.2 Å². The van der Waals surface area contributed by atoms with E-state index >= 15 is 0 Å². The molecule has 2 rings (SSSR count). The normalized spacial score (nSPS) is 11.1. The second kappa shape index (κ2) is 3.55. The molecule has 0 aliphatic carbocycles. The number of aryl methyl sites for hydroxylation is 1. The van der Waals surface area contributed by atoms with E-state index in [2.05, 4.69) is 35.5 Å². The van der Waals surface area contributed by atoms with Crippen LogP contribution in [0.15, 0.2) is 18.2 Å². The Morgan fingerprint density at radius 2 is 2.14 bits per heavy atom. The van der Waals surface area contributed by atoms with Gasteiger partial charge < -0.3 is 0 Å². The van der Waals surface area contributed by atoms with Crippen molar-refractivity contribution in [3.05, 3.63) is 23.8 Å². The van der Waals surface area contributed by atoms with Crippen molar-refractivity contribution < 1.29 is 0 Å². The Morgan fingerprint density at radius 1 is 1.36 bits per heavy atom. The van der Waals surface area contributed by atoms with E-state index in [1.54, 1.807) is 11.3 Å². The lowest BCUT2D eigenvalue weighted by molar-refractivity contribution is 0.495. The van der Waals surface area contributed by atoms with Crippen molar-refractivity contribution >= 4 is 26.7 Å². The average molecular weight is 207 g/mol. The van der Waals surface area contributed by atoms with Gasteiger partial charge in [-0.15, -0.1) is 0 Å². The molecule has 0 fully saturated rings. The molecule has 0 radical (unpaired) electrons. The smallest absolute Gasteiger partial charge is 0.198 e. The van der Waals surface area contributed by atoms with Crippen LogP contribution in [-0.2, 0) is 0 Å². The molecule has 0 spiro atoms. The number of hydrazine groups is 1. The zero-order chi connectivity index (χ0) is 10.1. The Morgan fingerprint density at radius 3 is 2.79 bits per heavy atom. The molecule has 74 valence electrons. The van der Waals surface area contributed by atoms with E-state index in [0.717, 1.165) is 10.6 Å². The molecule has 0 aliphatic heterocycles. The Kier molecular flexibility index (Phi) is 2.39. The fraction of sp³-hybridized carbons (Fsp3) is 0.300. The summed E-state index contributed by atoms with van der Waals surface area (Å²) in [6.07, 6.45) is 0. The van der Waals surface area contributed by atoms with E-state index in [-0.39, 0.29) is 0 Å². The Labute approximate surface area is 87.3 Å².